The Balaban J connectivity index is 1.97. The number of carbonyl (C=O) groups is 1. The largest absolute Gasteiger partial charge is 0.349 e. The van der Waals surface area contributed by atoms with Crippen molar-refractivity contribution in [1.29, 1.82) is 0 Å². The lowest BCUT2D eigenvalue weighted by Gasteiger charge is -2.17. The molecule has 0 atom stereocenters. The number of nitrogens with zero attached hydrogens (tertiary/aromatic N) is 2. The number of aromatic nitrogens is 2. The second-order valence-corrected chi connectivity index (χ2v) is 7.14. The number of nitrogens with one attached hydrogen (secondary N) is 2. The first kappa shape index (κ1) is 18.6. The van der Waals surface area contributed by atoms with E-state index in [1.807, 2.05) is 64.1 Å². The van der Waals surface area contributed by atoms with Gasteiger partial charge >= 0.3 is 11.7 Å². The van der Waals surface area contributed by atoms with E-state index >= 15 is 0 Å². The minimum absolute atomic E-state index is 0.231. The molecule has 0 unspecified atom stereocenters. The molecule has 2 N–H and O–H groups in total. The highest BCUT2D eigenvalue weighted by atomic mass is 16.2. The highest BCUT2D eigenvalue weighted by Crippen LogP contribution is 2.21. The quantitative estimate of drug-likeness (QED) is 0.724. The predicted molar refractivity (Wildman–Crippen MR) is 109 cm³/mol. The topological polar surface area (TPSA) is 76.0 Å². The van der Waals surface area contributed by atoms with Crippen LogP contribution in [0.2, 0.25) is 0 Å². The van der Waals surface area contributed by atoms with Gasteiger partial charge in [-0.1, -0.05) is 32.0 Å². The molecule has 27 heavy (non-hydrogen) atoms. The van der Waals surface area contributed by atoms with Crippen LogP contribution in [0.3, 0.4) is 0 Å². The van der Waals surface area contributed by atoms with Gasteiger partial charge in [0, 0.05) is 17.6 Å². The summed E-state index contributed by atoms with van der Waals surface area (Å²) in [7, 11) is 0. The number of carbonyl (C=O) groups excluding carboxylic acids is 1. The van der Waals surface area contributed by atoms with E-state index in [0.717, 1.165) is 16.5 Å². The van der Waals surface area contributed by atoms with Crippen molar-refractivity contribution in [3.05, 3.63) is 64.1 Å². The summed E-state index contributed by atoms with van der Waals surface area (Å²) < 4.78 is 1.52. The van der Waals surface area contributed by atoms with Crippen LogP contribution in [0.25, 0.3) is 10.9 Å². The van der Waals surface area contributed by atoms with E-state index in [0.29, 0.717) is 23.6 Å². The van der Waals surface area contributed by atoms with Gasteiger partial charge in [-0.25, -0.2) is 9.59 Å². The van der Waals surface area contributed by atoms with Gasteiger partial charge in [-0.15, -0.1) is 0 Å². The number of hydrogen-bond donors (Lipinski definition) is 2. The van der Waals surface area contributed by atoms with Crippen molar-refractivity contribution in [1.82, 2.24) is 9.55 Å². The maximum absolute atomic E-state index is 12.6. The summed E-state index contributed by atoms with van der Waals surface area (Å²) in [5.41, 5.74) is 3.14. The Morgan fingerprint density at radius 2 is 1.81 bits per heavy atom. The molecule has 0 saturated carbocycles. The molecule has 1 aromatic heterocycles. The molecule has 6 nitrogen and oxygen atoms in total. The molecule has 0 bridgehead atoms. The van der Waals surface area contributed by atoms with E-state index in [-0.39, 0.29) is 11.6 Å². The first-order valence-corrected chi connectivity index (χ1v) is 9.00. The zero-order valence-corrected chi connectivity index (χ0v) is 16.0. The number of fused-ring (bicyclic) bond motifs is 1. The van der Waals surface area contributed by atoms with Gasteiger partial charge in [0.1, 0.15) is 5.82 Å². The van der Waals surface area contributed by atoms with Crippen molar-refractivity contribution in [2.75, 3.05) is 10.6 Å². The summed E-state index contributed by atoms with van der Waals surface area (Å²) in [4.78, 5) is 29.2. The summed E-state index contributed by atoms with van der Waals surface area (Å²) in [5.74, 6) is 0.689. The Morgan fingerprint density at radius 3 is 2.52 bits per heavy atom. The first-order valence-electron chi connectivity index (χ1n) is 9.00. The molecule has 0 aliphatic heterocycles. The average molecular weight is 364 g/mol. The number of rotatable bonds is 4. The fraction of sp³-hybridized carbons (Fsp3) is 0.286. The normalized spacial score (nSPS) is 11.0. The molecule has 140 valence electrons. The van der Waals surface area contributed by atoms with Gasteiger partial charge in [0.2, 0.25) is 0 Å². The molecule has 3 rings (SSSR count). The van der Waals surface area contributed by atoms with Crippen molar-refractivity contribution in [3.63, 3.8) is 0 Å². The Kier molecular flexibility index (Phi) is 5.26. The summed E-state index contributed by atoms with van der Waals surface area (Å²) in [5, 5.41) is 6.42. The van der Waals surface area contributed by atoms with E-state index in [1.165, 1.54) is 4.57 Å². The van der Waals surface area contributed by atoms with Crippen LogP contribution < -0.4 is 16.3 Å². The van der Waals surface area contributed by atoms with Gasteiger partial charge in [-0.05, 0) is 55.2 Å². The van der Waals surface area contributed by atoms with Gasteiger partial charge in [-0.3, -0.25) is 9.88 Å². The van der Waals surface area contributed by atoms with E-state index in [2.05, 4.69) is 15.6 Å². The van der Waals surface area contributed by atoms with Gasteiger partial charge in [0.05, 0.1) is 5.52 Å². The van der Waals surface area contributed by atoms with E-state index in [4.69, 9.17) is 0 Å². The van der Waals surface area contributed by atoms with E-state index < -0.39 is 6.03 Å². The molecular weight excluding hydrogens is 340 g/mol. The number of benzene rings is 2. The smallest absolute Gasteiger partial charge is 0.308 e. The SMILES string of the molecule is Cc1ccc(NC(=O)Nc2c3ccccc3nc(=O)n2CC(C)C)cc1C. The van der Waals surface area contributed by atoms with Crippen molar-refractivity contribution in [3.8, 4) is 0 Å². The van der Waals surface area contributed by atoms with Crippen LogP contribution in [0.1, 0.15) is 25.0 Å². The number of amides is 2. The van der Waals surface area contributed by atoms with Crippen LogP contribution in [0.15, 0.2) is 47.3 Å². The third-order valence-corrected chi connectivity index (χ3v) is 4.42. The average Bonchev–Trinajstić information content (AvgIpc) is 2.61. The third kappa shape index (κ3) is 4.16. The number of anilines is 2. The molecular formula is C21H24N4O2. The second kappa shape index (κ2) is 7.61. The summed E-state index contributed by atoms with van der Waals surface area (Å²) >= 11 is 0. The summed E-state index contributed by atoms with van der Waals surface area (Å²) in [6.45, 7) is 8.51. The Morgan fingerprint density at radius 1 is 1.07 bits per heavy atom. The lowest BCUT2D eigenvalue weighted by Crippen LogP contribution is -2.31. The predicted octanol–water partition coefficient (Wildman–Crippen LogP) is 4.31. The molecule has 0 aliphatic rings. The maximum atomic E-state index is 12.6. The lowest BCUT2D eigenvalue weighted by molar-refractivity contribution is 0.262. The Hall–Kier alpha value is -3.15. The number of para-hydroxylation sites is 1. The molecule has 6 heteroatoms. The van der Waals surface area contributed by atoms with Gasteiger partial charge in [0.15, 0.2) is 0 Å². The van der Waals surface area contributed by atoms with Gasteiger partial charge < -0.3 is 5.32 Å². The zero-order chi connectivity index (χ0) is 19.6. The van der Waals surface area contributed by atoms with Crippen LogP contribution in [0.4, 0.5) is 16.3 Å². The molecule has 1 heterocycles. The van der Waals surface area contributed by atoms with Gasteiger partial charge in [0.25, 0.3) is 0 Å². The number of hydrogen-bond acceptors (Lipinski definition) is 3. The Labute approximate surface area is 158 Å². The number of aryl methyl sites for hydroxylation is 2. The molecule has 0 spiro atoms. The van der Waals surface area contributed by atoms with E-state index in [1.54, 1.807) is 6.07 Å². The Bertz CT molecular complexity index is 1050. The highest BCUT2D eigenvalue weighted by Gasteiger charge is 2.15. The van der Waals surface area contributed by atoms with Crippen molar-refractivity contribution in [2.45, 2.75) is 34.2 Å². The van der Waals surface area contributed by atoms with Crippen LogP contribution in [0.5, 0.6) is 0 Å². The van der Waals surface area contributed by atoms with Gasteiger partial charge in [-0.2, -0.15) is 4.98 Å². The summed E-state index contributed by atoms with van der Waals surface area (Å²) in [6.07, 6.45) is 0. The minimum atomic E-state index is -0.397. The fourth-order valence-electron chi connectivity index (χ4n) is 2.93. The van der Waals surface area contributed by atoms with Crippen molar-refractivity contribution in [2.24, 2.45) is 5.92 Å². The third-order valence-electron chi connectivity index (χ3n) is 4.42. The molecule has 0 saturated heterocycles. The van der Waals surface area contributed by atoms with Crippen LogP contribution >= 0.6 is 0 Å². The van der Waals surface area contributed by atoms with Crippen molar-refractivity contribution < 1.29 is 4.79 Å². The summed E-state index contributed by atoms with van der Waals surface area (Å²) in [6, 6.07) is 12.6. The first-order chi connectivity index (χ1) is 12.8. The molecule has 0 aliphatic carbocycles. The van der Waals surface area contributed by atoms with Crippen LogP contribution in [0, 0.1) is 19.8 Å². The molecule has 2 amide bonds. The minimum Gasteiger partial charge on any atom is -0.308 e. The maximum Gasteiger partial charge on any atom is 0.349 e. The zero-order valence-electron chi connectivity index (χ0n) is 16.0. The van der Waals surface area contributed by atoms with E-state index in [9.17, 15) is 9.59 Å². The molecule has 0 radical (unpaired) electrons. The van der Waals surface area contributed by atoms with Crippen LogP contribution in [-0.4, -0.2) is 15.6 Å². The second-order valence-electron chi connectivity index (χ2n) is 7.14. The molecule has 2 aromatic carbocycles. The molecule has 3 aromatic rings. The van der Waals surface area contributed by atoms with Crippen molar-refractivity contribution >= 4 is 28.4 Å². The van der Waals surface area contributed by atoms with Crippen LogP contribution in [-0.2, 0) is 6.54 Å². The monoisotopic (exact) mass is 364 g/mol. The lowest BCUT2D eigenvalue weighted by atomic mass is 10.1. The molecule has 0 fully saturated rings. The highest BCUT2D eigenvalue weighted by molar-refractivity contribution is 6.04. The fourth-order valence-corrected chi connectivity index (χ4v) is 2.93. The number of urea groups is 1. The standard InChI is InChI=1S/C21H24N4O2/c1-13(2)12-25-19(17-7-5-6-8-18(17)23-21(25)27)24-20(26)22-16-10-9-14(3)15(4)11-16/h5-11,13H,12H2,1-4H3,(H2,22,24,26).